The lowest BCUT2D eigenvalue weighted by atomic mass is 9.84. The van der Waals surface area contributed by atoms with Crippen molar-refractivity contribution in [2.75, 3.05) is 14.1 Å². The molecular weight excluding hydrogens is 224 g/mol. The van der Waals surface area contributed by atoms with E-state index in [2.05, 4.69) is 32.9 Å². The third kappa shape index (κ3) is 3.10. The van der Waals surface area contributed by atoms with E-state index in [1.807, 2.05) is 13.0 Å². The fourth-order valence-corrected chi connectivity index (χ4v) is 1.85. The molecule has 1 aromatic rings. The average molecular weight is 248 g/mol. The first kappa shape index (κ1) is 14.7. The minimum Gasteiger partial charge on any atom is -0.347 e. The molecule has 18 heavy (non-hydrogen) atoms. The third-order valence-corrected chi connectivity index (χ3v) is 3.19. The highest BCUT2D eigenvalue weighted by Gasteiger charge is 2.22. The molecule has 0 bridgehead atoms. The number of likely N-dealkylation sites (N-methyl/N-ethyl adjacent to an activating group) is 1. The Kier molecular flexibility index (Phi) is 4.17. The van der Waals surface area contributed by atoms with E-state index in [0.717, 1.165) is 11.1 Å². The topological polar surface area (TPSA) is 46.3 Å². The second-order valence-corrected chi connectivity index (χ2v) is 6.03. The van der Waals surface area contributed by atoms with Crippen LogP contribution in [0.3, 0.4) is 0 Å². The normalized spacial score (nSPS) is 13.3. The summed E-state index contributed by atoms with van der Waals surface area (Å²) in [5.41, 5.74) is 9.30. The maximum Gasteiger partial charge on any atom is 0.243 e. The Morgan fingerprint density at radius 1 is 1.28 bits per heavy atom. The molecule has 0 aliphatic carbocycles. The number of benzene rings is 1. The summed E-state index contributed by atoms with van der Waals surface area (Å²) in [7, 11) is 3.45. The maximum absolute atomic E-state index is 12.0. The monoisotopic (exact) mass is 248 g/mol. The highest BCUT2D eigenvalue weighted by molar-refractivity contribution is 5.83. The van der Waals surface area contributed by atoms with E-state index in [1.54, 1.807) is 14.1 Å². The molecule has 1 amide bonds. The van der Waals surface area contributed by atoms with Crippen LogP contribution in [-0.4, -0.2) is 24.9 Å². The Morgan fingerprint density at radius 2 is 1.83 bits per heavy atom. The molecule has 3 nitrogen and oxygen atoms in total. The molecule has 1 aromatic carbocycles. The molecule has 3 heteroatoms. The largest absolute Gasteiger partial charge is 0.347 e. The Hall–Kier alpha value is -1.35. The fourth-order valence-electron chi connectivity index (χ4n) is 1.85. The highest BCUT2D eigenvalue weighted by Crippen LogP contribution is 2.27. The molecule has 0 saturated carbocycles. The molecule has 0 aliphatic rings. The van der Waals surface area contributed by atoms with Crippen LogP contribution in [0.15, 0.2) is 18.2 Å². The van der Waals surface area contributed by atoms with Gasteiger partial charge in [0.05, 0.1) is 0 Å². The highest BCUT2D eigenvalue weighted by atomic mass is 16.2. The summed E-state index contributed by atoms with van der Waals surface area (Å²) < 4.78 is 0. The lowest BCUT2D eigenvalue weighted by molar-refractivity contribution is -0.130. The first-order valence-electron chi connectivity index (χ1n) is 6.22. The van der Waals surface area contributed by atoms with Crippen molar-refractivity contribution in [2.24, 2.45) is 5.73 Å². The van der Waals surface area contributed by atoms with E-state index in [1.165, 1.54) is 10.5 Å². The number of nitrogens with two attached hydrogens (primary N) is 1. The van der Waals surface area contributed by atoms with Crippen LogP contribution in [0.25, 0.3) is 0 Å². The van der Waals surface area contributed by atoms with Crippen LogP contribution in [0, 0.1) is 6.92 Å². The van der Waals surface area contributed by atoms with Crippen molar-refractivity contribution >= 4 is 5.91 Å². The van der Waals surface area contributed by atoms with Crippen LogP contribution in [0.4, 0.5) is 0 Å². The molecule has 0 aromatic heterocycles. The molecule has 0 spiro atoms. The maximum atomic E-state index is 12.0. The van der Waals surface area contributed by atoms with Gasteiger partial charge in [-0.1, -0.05) is 39.0 Å². The van der Waals surface area contributed by atoms with Crippen molar-refractivity contribution in [3.05, 3.63) is 34.9 Å². The van der Waals surface area contributed by atoms with Crippen LogP contribution >= 0.6 is 0 Å². The molecule has 1 unspecified atom stereocenters. The van der Waals surface area contributed by atoms with Crippen molar-refractivity contribution < 1.29 is 4.79 Å². The SMILES string of the molecule is Cc1ccc(C(C)(C)C)cc1C(N)C(=O)N(C)C. The van der Waals surface area contributed by atoms with Gasteiger partial charge in [-0.15, -0.1) is 0 Å². The zero-order valence-corrected chi connectivity index (χ0v) is 12.2. The van der Waals surface area contributed by atoms with Gasteiger partial charge >= 0.3 is 0 Å². The second-order valence-electron chi connectivity index (χ2n) is 6.03. The molecule has 0 aliphatic heterocycles. The van der Waals surface area contributed by atoms with Gasteiger partial charge in [0.25, 0.3) is 0 Å². The van der Waals surface area contributed by atoms with Gasteiger partial charge in [-0.25, -0.2) is 0 Å². The Morgan fingerprint density at radius 3 is 2.28 bits per heavy atom. The van der Waals surface area contributed by atoms with Gasteiger partial charge in [-0.2, -0.15) is 0 Å². The molecular formula is C15H24N2O. The summed E-state index contributed by atoms with van der Waals surface area (Å²) in [6.07, 6.45) is 0. The summed E-state index contributed by atoms with van der Waals surface area (Å²) in [6.45, 7) is 8.45. The van der Waals surface area contributed by atoms with Gasteiger partial charge in [0.15, 0.2) is 0 Å². The summed E-state index contributed by atoms with van der Waals surface area (Å²) in [6, 6.07) is 5.62. The van der Waals surface area contributed by atoms with Gasteiger partial charge in [0.1, 0.15) is 6.04 Å². The summed E-state index contributed by atoms with van der Waals surface area (Å²) in [4.78, 5) is 13.5. The van der Waals surface area contributed by atoms with Crippen molar-refractivity contribution in [1.29, 1.82) is 0 Å². The van der Waals surface area contributed by atoms with Crippen molar-refractivity contribution in [2.45, 2.75) is 39.2 Å². The molecule has 1 atom stereocenters. The Balaban J connectivity index is 3.20. The van der Waals surface area contributed by atoms with E-state index in [4.69, 9.17) is 5.73 Å². The Labute approximate surface area is 110 Å². The summed E-state index contributed by atoms with van der Waals surface area (Å²) >= 11 is 0. The minimum absolute atomic E-state index is 0.0589. The first-order valence-corrected chi connectivity index (χ1v) is 6.22. The van der Waals surface area contributed by atoms with Crippen LogP contribution < -0.4 is 5.73 Å². The number of carbonyl (C=O) groups excluding carboxylic acids is 1. The minimum atomic E-state index is -0.581. The summed E-state index contributed by atoms with van der Waals surface area (Å²) in [5.74, 6) is -0.0656. The molecule has 0 heterocycles. The van der Waals surface area contributed by atoms with Gasteiger partial charge < -0.3 is 10.6 Å². The quantitative estimate of drug-likeness (QED) is 0.873. The average Bonchev–Trinajstić information content (AvgIpc) is 2.26. The molecule has 100 valence electrons. The molecule has 1 rings (SSSR count). The Bertz CT molecular complexity index is 444. The van der Waals surface area contributed by atoms with Crippen LogP contribution in [0.2, 0.25) is 0 Å². The smallest absolute Gasteiger partial charge is 0.243 e. The van der Waals surface area contributed by atoms with Gasteiger partial charge in [0, 0.05) is 14.1 Å². The zero-order valence-electron chi connectivity index (χ0n) is 12.2. The standard InChI is InChI=1S/C15H24N2O/c1-10-7-8-11(15(2,3)4)9-12(10)13(16)14(18)17(5)6/h7-9,13H,16H2,1-6H3. The van der Waals surface area contributed by atoms with Crippen LogP contribution in [0.5, 0.6) is 0 Å². The number of aryl methyl sites for hydroxylation is 1. The van der Waals surface area contributed by atoms with Crippen LogP contribution in [0.1, 0.15) is 43.5 Å². The van der Waals surface area contributed by atoms with E-state index in [0.29, 0.717) is 0 Å². The molecule has 0 fully saturated rings. The number of rotatable bonds is 2. The van der Waals surface area contributed by atoms with E-state index in [-0.39, 0.29) is 11.3 Å². The van der Waals surface area contributed by atoms with Crippen molar-refractivity contribution in [3.8, 4) is 0 Å². The number of carbonyl (C=O) groups is 1. The van der Waals surface area contributed by atoms with Gasteiger partial charge in [0.2, 0.25) is 5.91 Å². The summed E-state index contributed by atoms with van der Waals surface area (Å²) in [5, 5.41) is 0. The fraction of sp³-hybridized carbons (Fsp3) is 0.533. The number of amides is 1. The number of hydrogen-bond donors (Lipinski definition) is 1. The number of nitrogens with zero attached hydrogens (tertiary/aromatic N) is 1. The van der Waals surface area contributed by atoms with Crippen molar-refractivity contribution in [1.82, 2.24) is 4.90 Å². The molecule has 0 radical (unpaired) electrons. The third-order valence-electron chi connectivity index (χ3n) is 3.19. The predicted molar refractivity (Wildman–Crippen MR) is 75.5 cm³/mol. The van der Waals surface area contributed by atoms with E-state index < -0.39 is 6.04 Å². The first-order chi connectivity index (χ1) is 8.14. The zero-order chi connectivity index (χ0) is 14.1. The van der Waals surface area contributed by atoms with Crippen molar-refractivity contribution in [3.63, 3.8) is 0 Å². The van der Waals surface area contributed by atoms with Crippen LogP contribution in [-0.2, 0) is 10.2 Å². The lowest BCUT2D eigenvalue weighted by Gasteiger charge is -2.23. The molecule has 2 N–H and O–H groups in total. The van der Waals surface area contributed by atoms with Gasteiger partial charge in [-0.3, -0.25) is 4.79 Å². The van der Waals surface area contributed by atoms with E-state index in [9.17, 15) is 4.79 Å². The lowest BCUT2D eigenvalue weighted by Crippen LogP contribution is -2.33. The second kappa shape index (κ2) is 5.11. The molecule has 0 saturated heterocycles. The predicted octanol–water partition coefficient (Wildman–Crippen LogP) is 2.38. The number of hydrogen-bond acceptors (Lipinski definition) is 2. The van der Waals surface area contributed by atoms with E-state index >= 15 is 0 Å². The van der Waals surface area contributed by atoms with Gasteiger partial charge in [-0.05, 0) is 29.0 Å².